The molecule has 0 radical (unpaired) electrons. The highest BCUT2D eigenvalue weighted by Gasteiger charge is 1.98. The van der Waals surface area contributed by atoms with Gasteiger partial charge in [0.1, 0.15) is 0 Å². The Kier molecular flexibility index (Phi) is 5.63. The van der Waals surface area contributed by atoms with Gasteiger partial charge in [-0.05, 0) is 51.7 Å². The molecular formula is C12H20BrN3. The molecule has 0 aliphatic rings. The third kappa shape index (κ3) is 4.86. The van der Waals surface area contributed by atoms with E-state index in [1.807, 2.05) is 18.2 Å². The summed E-state index contributed by atoms with van der Waals surface area (Å²) in [5, 5.41) is 3.35. The summed E-state index contributed by atoms with van der Waals surface area (Å²) >= 11 is 3.39. The van der Waals surface area contributed by atoms with Crippen molar-refractivity contribution in [3.8, 4) is 0 Å². The van der Waals surface area contributed by atoms with Crippen LogP contribution in [0.15, 0.2) is 22.7 Å². The normalized spacial score (nSPS) is 10.8. The van der Waals surface area contributed by atoms with Gasteiger partial charge in [0.05, 0.1) is 11.4 Å². The lowest BCUT2D eigenvalue weighted by molar-refractivity contribution is 0.396. The first-order valence-corrected chi connectivity index (χ1v) is 6.32. The zero-order chi connectivity index (χ0) is 12.0. The summed E-state index contributed by atoms with van der Waals surface area (Å²) in [5.74, 6) is 0. The van der Waals surface area contributed by atoms with Crippen LogP contribution in [0, 0.1) is 0 Å². The third-order valence-electron chi connectivity index (χ3n) is 2.36. The number of nitrogen functional groups attached to an aromatic ring is 1. The third-order valence-corrected chi connectivity index (χ3v) is 2.85. The molecule has 0 atom stereocenters. The van der Waals surface area contributed by atoms with E-state index in [1.54, 1.807) is 0 Å². The molecule has 1 aromatic rings. The minimum absolute atomic E-state index is 0.794. The number of hydrogen-bond donors (Lipinski definition) is 2. The van der Waals surface area contributed by atoms with Crippen molar-refractivity contribution in [2.45, 2.75) is 12.8 Å². The topological polar surface area (TPSA) is 41.3 Å². The molecule has 90 valence electrons. The largest absolute Gasteiger partial charge is 0.397 e. The van der Waals surface area contributed by atoms with E-state index in [9.17, 15) is 0 Å². The monoisotopic (exact) mass is 285 g/mol. The molecule has 0 aliphatic carbocycles. The smallest absolute Gasteiger partial charge is 0.0574 e. The van der Waals surface area contributed by atoms with Gasteiger partial charge in [-0.2, -0.15) is 0 Å². The molecule has 0 fully saturated rings. The van der Waals surface area contributed by atoms with Crippen LogP contribution in [0.5, 0.6) is 0 Å². The van der Waals surface area contributed by atoms with Crippen molar-refractivity contribution in [1.29, 1.82) is 0 Å². The van der Waals surface area contributed by atoms with Gasteiger partial charge in [-0.25, -0.2) is 0 Å². The minimum atomic E-state index is 0.794. The van der Waals surface area contributed by atoms with Crippen molar-refractivity contribution in [3.05, 3.63) is 22.7 Å². The quantitative estimate of drug-likeness (QED) is 0.624. The van der Waals surface area contributed by atoms with E-state index in [1.165, 1.54) is 6.42 Å². The maximum absolute atomic E-state index is 5.88. The van der Waals surface area contributed by atoms with Gasteiger partial charge in [-0.1, -0.05) is 15.9 Å². The number of nitrogens with two attached hydrogens (primary N) is 1. The molecular weight excluding hydrogens is 266 g/mol. The van der Waals surface area contributed by atoms with Crippen molar-refractivity contribution in [2.24, 2.45) is 0 Å². The first kappa shape index (κ1) is 13.3. The van der Waals surface area contributed by atoms with Gasteiger partial charge < -0.3 is 16.0 Å². The Morgan fingerprint density at radius 1 is 1.31 bits per heavy atom. The van der Waals surface area contributed by atoms with Crippen LogP contribution in [-0.2, 0) is 0 Å². The first-order chi connectivity index (χ1) is 7.59. The summed E-state index contributed by atoms with van der Waals surface area (Å²) < 4.78 is 1.02. The average molecular weight is 286 g/mol. The van der Waals surface area contributed by atoms with E-state index in [2.05, 4.69) is 40.2 Å². The van der Waals surface area contributed by atoms with E-state index in [4.69, 9.17) is 5.73 Å². The molecule has 16 heavy (non-hydrogen) atoms. The standard InChI is InChI=1S/C12H20BrN3/c1-16(2)8-4-3-7-15-12-6-5-10(13)9-11(12)14/h5-6,9,15H,3-4,7-8,14H2,1-2H3. The molecule has 0 amide bonds. The Balaban J connectivity index is 2.27. The number of benzene rings is 1. The van der Waals surface area contributed by atoms with Crippen LogP contribution >= 0.6 is 15.9 Å². The van der Waals surface area contributed by atoms with E-state index >= 15 is 0 Å². The molecule has 3 N–H and O–H groups in total. The maximum Gasteiger partial charge on any atom is 0.0574 e. The summed E-state index contributed by atoms with van der Waals surface area (Å²) in [7, 11) is 4.19. The van der Waals surface area contributed by atoms with Crippen LogP contribution in [0.3, 0.4) is 0 Å². The molecule has 3 nitrogen and oxygen atoms in total. The summed E-state index contributed by atoms with van der Waals surface area (Å²) in [6, 6.07) is 5.92. The summed E-state index contributed by atoms with van der Waals surface area (Å²) in [6.07, 6.45) is 2.37. The Bertz CT molecular complexity index is 326. The number of nitrogens with zero attached hydrogens (tertiary/aromatic N) is 1. The van der Waals surface area contributed by atoms with E-state index in [0.717, 1.165) is 35.4 Å². The minimum Gasteiger partial charge on any atom is -0.397 e. The fourth-order valence-corrected chi connectivity index (χ4v) is 1.85. The van der Waals surface area contributed by atoms with Gasteiger partial charge in [-0.15, -0.1) is 0 Å². The molecule has 0 aliphatic heterocycles. The van der Waals surface area contributed by atoms with E-state index < -0.39 is 0 Å². The van der Waals surface area contributed by atoms with E-state index in [0.29, 0.717) is 0 Å². The van der Waals surface area contributed by atoms with Crippen molar-refractivity contribution in [3.63, 3.8) is 0 Å². The van der Waals surface area contributed by atoms with Gasteiger partial charge in [0.2, 0.25) is 0 Å². The molecule has 0 saturated heterocycles. The molecule has 1 rings (SSSR count). The number of halogens is 1. The van der Waals surface area contributed by atoms with Crippen molar-refractivity contribution in [2.75, 3.05) is 38.2 Å². The number of unbranched alkanes of at least 4 members (excludes halogenated alkanes) is 1. The Labute approximate surface area is 106 Å². The fourth-order valence-electron chi connectivity index (χ4n) is 1.47. The molecule has 0 aromatic heterocycles. The molecule has 0 saturated carbocycles. The van der Waals surface area contributed by atoms with Crippen LogP contribution in [0.2, 0.25) is 0 Å². The van der Waals surface area contributed by atoms with Gasteiger partial charge in [0.25, 0.3) is 0 Å². The van der Waals surface area contributed by atoms with Crippen LogP contribution in [-0.4, -0.2) is 32.1 Å². The zero-order valence-electron chi connectivity index (χ0n) is 9.96. The predicted octanol–water partition coefficient (Wildman–Crippen LogP) is 2.79. The highest BCUT2D eigenvalue weighted by atomic mass is 79.9. The summed E-state index contributed by atoms with van der Waals surface area (Å²) in [6.45, 7) is 2.11. The number of nitrogens with one attached hydrogen (secondary N) is 1. The number of rotatable bonds is 6. The molecule has 1 aromatic carbocycles. The zero-order valence-corrected chi connectivity index (χ0v) is 11.5. The van der Waals surface area contributed by atoms with Crippen LogP contribution < -0.4 is 11.1 Å². The highest BCUT2D eigenvalue weighted by molar-refractivity contribution is 9.10. The van der Waals surface area contributed by atoms with Crippen LogP contribution in [0.4, 0.5) is 11.4 Å². The summed E-state index contributed by atoms with van der Waals surface area (Å²) in [5.41, 5.74) is 7.70. The molecule has 0 bridgehead atoms. The van der Waals surface area contributed by atoms with Gasteiger partial charge in [-0.3, -0.25) is 0 Å². The lowest BCUT2D eigenvalue weighted by Gasteiger charge is -2.11. The van der Waals surface area contributed by atoms with Gasteiger partial charge in [0, 0.05) is 11.0 Å². The molecule has 4 heteroatoms. The van der Waals surface area contributed by atoms with E-state index in [-0.39, 0.29) is 0 Å². The Morgan fingerprint density at radius 2 is 2.06 bits per heavy atom. The lowest BCUT2D eigenvalue weighted by atomic mass is 10.2. The van der Waals surface area contributed by atoms with Crippen LogP contribution in [0.1, 0.15) is 12.8 Å². The first-order valence-electron chi connectivity index (χ1n) is 5.53. The molecule has 0 spiro atoms. The summed E-state index contributed by atoms with van der Waals surface area (Å²) in [4.78, 5) is 2.20. The maximum atomic E-state index is 5.88. The SMILES string of the molecule is CN(C)CCCCNc1ccc(Br)cc1N. The fraction of sp³-hybridized carbons (Fsp3) is 0.500. The van der Waals surface area contributed by atoms with Crippen LogP contribution in [0.25, 0.3) is 0 Å². The molecule has 0 heterocycles. The second-order valence-electron chi connectivity index (χ2n) is 4.17. The van der Waals surface area contributed by atoms with Gasteiger partial charge >= 0.3 is 0 Å². The molecule has 0 unspecified atom stereocenters. The van der Waals surface area contributed by atoms with Gasteiger partial charge in [0.15, 0.2) is 0 Å². The second-order valence-corrected chi connectivity index (χ2v) is 5.08. The van der Waals surface area contributed by atoms with Crippen molar-refractivity contribution in [1.82, 2.24) is 4.90 Å². The number of hydrogen-bond acceptors (Lipinski definition) is 3. The highest BCUT2D eigenvalue weighted by Crippen LogP contribution is 2.22. The Hall–Kier alpha value is -0.740. The second kappa shape index (κ2) is 6.76. The van der Waals surface area contributed by atoms with Crippen molar-refractivity contribution >= 4 is 27.3 Å². The van der Waals surface area contributed by atoms with Crippen molar-refractivity contribution < 1.29 is 0 Å². The average Bonchev–Trinajstić information content (AvgIpc) is 2.20. The number of anilines is 2. The Morgan fingerprint density at radius 3 is 2.69 bits per heavy atom. The predicted molar refractivity (Wildman–Crippen MR) is 74.8 cm³/mol. The lowest BCUT2D eigenvalue weighted by Crippen LogP contribution is -2.14.